The Kier molecular flexibility index (Phi) is 5.08. The van der Waals surface area contributed by atoms with Crippen LogP contribution in [-0.2, 0) is 6.42 Å². The van der Waals surface area contributed by atoms with E-state index in [1.165, 1.54) is 0 Å². The number of hydrogen-bond donors (Lipinski definition) is 3. The summed E-state index contributed by atoms with van der Waals surface area (Å²) in [5, 5.41) is 10.4. The van der Waals surface area contributed by atoms with Crippen LogP contribution >= 0.6 is 27.3 Å². The van der Waals surface area contributed by atoms with Crippen LogP contribution in [0, 0.1) is 6.92 Å². The Hall–Kier alpha value is -1.63. The van der Waals surface area contributed by atoms with E-state index in [1.54, 1.807) is 17.4 Å². The number of carboxylic acids is 1. The molecule has 0 bridgehead atoms. The first kappa shape index (κ1) is 17.2. The van der Waals surface area contributed by atoms with Gasteiger partial charge >= 0.3 is 5.97 Å². The number of halogens is 1. The Morgan fingerprint density at radius 1 is 1.29 bits per heavy atom. The summed E-state index contributed by atoms with van der Waals surface area (Å²) in [5.41, 5.74) is 10.1. The largest absolute Gasteiger partial charge is 0.478 e. The smallest absolute Gasteiger partial charge is 0.336 e. The van der Waals surface area contributed by atoms with Gasteiger partial charge in [-0.25, -0.2) is 4.79 Å². The summed E-state index contributed by atoms with van der Waals surface area (Å²) in [6, 6.07) is 7.64. The van der Waals surface area contributed by atoms with E-state index in [0.717, 1.165) is 55.6 Å². The molecule has 0 aliphatic carbocycles. The van der Waals surface area contributed by atoms with E-state index < -0.39 is 5.97 Å². The van der Waals surface area contributed by atoms with Gasteiger partial charge in [0.15, 0.2) is 0 Å². The number of benzene rings is 1. The van der Waals surface area contributed by atoms with Gasteiger partial charge in [-0.05, 0) is 78.0 Å². The molecule has 0 aliphatic rings. The van der Waals surface area contributed by atoms with Crippen LogP contribution in [0.3, 0.4) is 0 Å². The molecule has 126 valence electrons. The highest BCUT2D eigenvalue weighted by molar-refractivity contribution is 9.11. The average molecular weight is 407 g/mol. The fourth-order valence-corrected chi connectivity index (χ4v) is 4.45. The van der Waals surface area contributed by atoms with Gasteiger partial charge in [-0.15, -0.1) is 11.3 Å². The van der Waals surface area contributed by atoms with Crippen LogP contribution in [0.2, 0.25) is 0 Å². The third kappa shape index (κ3) is 3.14. The van der Waals surface area contributed by atoms with Crippen molar-refractivity contribution < 1.29 is 9.90 Å². The number of fused-ring (bicyclic) bond motifs is 1. The molecule has 1 aromatic carbocycles. The minimum atomic E-state index is -0.891. The lowest BCUT2D eigenvalue weighted by molar-refractivity contribution is 0.0699. The van der Waals surface area contributed by atoms with Crippen molar-refractivity contribution in [1.29, 1.82) is 0 Å². The molecule has 0 atom stereocenters. The van der Waals surface area contributed by atoms with E-state index in [-0.39, 0.29) is 0 Å². The SMILES string of the molecule is Cc1ccc(C(=O)O)c2c(CCCCN)c(-c3ccc(Br)s3)[nH]c12. The van der Waals surface area contributed by atoms with Gasteiger partial charge in [-0.1, -0.05) is 6.07 Å². The molecule has 4 nitrogen and oxygen atoms in total. The topological polar surface area (TPSA) is 79.1 Å². The molecule has 0 fully saturated rings. The first-order chi connectivity index (χ1) is 11.5. The van der Waals surface area contributed by atoms with Crippen molar-refractivity contribution in [3.63, 3.8) is 0 Å². The highest BCUT2D eigenvalue weighted by Gasteiger charge is 2.20. The van der Waals surface area contributed by atoms with Gasteiger partial charge in [0.25, 0.3) is 0 Å². The van der Waals surface area contributed by atoms with Gasteiger partial charge in [0.1, 0.15) is 0 Å². The number of aromatic carboxylic acids is 1. The first-order valence-corrected chi connectivity index (χ1v) is 9.47. The van der Waals surface area contributed by atoms with Crippen LogP contribution < -0.4 is 5.73 Å². The zero-order chi connectivity index (χ0) is 17.3. The van der Waals surface area contributed by atoms with Crippen LogP contribution in [0.1, 0.15) is 34.3 Å². The van der Waals surface area contributed by atoms with Gasteiger partial charge in [-0.3, -0.25) is 0 Å². The number of aromatic amines is 1. The fraction of sp³-hybridized carbons (Fsp3) is 0.278. The molecule has 3 rings (SSSR count). The van der Waals surface area contributed by atoms with Crippen molar-refractivity contribution in [2.45, 2.75) is 26.2 Å². The van der Waals surface area contributed by atoms with Crippen molar-refractivity contribution in [1.82, 2.24) is 4.98 Å². The highest BCUT2D eigenvalue weighted by atomic mass is 79.9. The molecular formula is C18H19BrN2O2S. The average Bonchev–Trinajstić information content (AvgIpc) is 3.12. The fourth-order valence-electron chi connectivity index (χ4n) is 3.04. The number of H-pyrrole nitrogens is 1. The van der Waals surface area contributed by atoms with E-state index in [4.69, 9.17) is 5.73 Å². The monoisotopic (exact) mass is 406 g/mol. The Morgan fingerprint density at radius 3 is 2.71 bits per heavy atom. The Labute approximate surface area is 152 Å². The van der Waals surface area contributed by atoms with Gasteiger partial charge in [0.2, 0.25) is 0 Å². The number of nitrogens with two attached hydrogens (primary N) is 1. The lowest BCUT2D eigenvalue weighted by Gasteiger charge is -2.06. The number of carboxylic acid groups (broad SMARTS) is 1. The van der Waals surface area contributed by atoms with E-state index >= 15 is 0 Å². The van der Waals surface area contributed by atoms with Crippen molar-refractivity contribution in [3.05, 3.63) is 44.7 Å². The number of rotatable bonds is 6. The molecule has 2 aromatic heterocycles. The van der Waals surface area contributed by atoms with Crippen LogP contribution in [-0.4, -0.2) is 22.6 Å². The summed E-state index contributed by atoms with van der Waals surface area (Å²) in [4.78, 5) is 16.3. The van der Waals surface area contributed by atoms with E-state index in [9.17, 15) is 9.90 Å². The number of carbonyl (C=O) groups is 1. The van der Waals surface area contributed by atoms with Crippen LogP contribution in [0.4, 0.5) is 0 Å². The molecule has 6 heteroatoms. The predicted octanol–water partition coefficient (Wildman–Crippen LogP) is 4.95. The summed E-state index contributed by atoms with van der Waals surface area (Å²) in [6.45, 7) is 2.65. The third-order valence-electron chi connectivity index (χ3n) is 4.20. The number of aromatic nitrogens is 1. The molecule has 24 heavy (non-hydrogen) atoms. The lowest BCUT2D eigenvalue weighted by atomic mass is 9.98. The zero-order valence-electron chi connectivity index (χ0n) is 13.4. The molecule has 0 radical (unpaired) electrons. The number of unbranched alkanes of at least 4 members (excludes halogenated alkanes) is 1. The maximum atomic E-state index is 11.7. The van der Waals surface area contributed by atoms with Crippen LogP contribution in [0.25, 0.3) is 21.5 Å². The molecular weight excluding hydrogens is 388 g/mol. The quantitative estimate of drug-likeness (QED) is 0.506. The molecule has 0 amide bonds. The molecule has 0 aliphatic heterocycles. The molecule has 0 unspecified atom stereocenters. The summed E-state index contributed by atoms with van der Waals surface area (Å²) >= 11 is 5.15. The number of thiophene rings is 1. The van der Waals surface area contributed by atoms with Crippen molar-refractivity contribution in [2.24, 2.45) is 5.73 Å². The molecule has 0 spiro atoms. The van der Waals surface area contributed by atoms with Crippen LogP contribution in [0.15, 0.2) is 28.1 Å². The minimum Gasteiger partial charge on any atom is -0.478 e. The van der Waals surface area contributed by atoms with Crippen molar-refractivity contribution >= 4 is 44.1 Å². The molecule has 2 heterocycles. The zero-order valence-corrected chi connectivity index (χ0v) is 15.8. The standard InChI is InChI=1S/C18H19BrN2O2S/c1-10-5-6-12(18(22)23)15-11(4-2-3-9-20)17(21-16(10)15)13-7-8-14(19)24-13/h5-8,21H,2-4,9,20H2,1H3,(H,22,23). The predicted molar refractivity (Wildman–Crippen MR) is 103 cm³/mol. The van der Waals surface area contributed by atoms with Gasteiger partial charge < -0.3 is 15.8 Å². The summed E-state index contributed by atoms with van der Waals surface area (Å²) in [6.07, 6.45) is 2.68. The highest BCUT2D eigenvalue weighted by Crippen LogP contribution is 2.39. The second-order valence-electron chi connectivity index (χ2n) is 5.81. The lowest BCUT2D eigenvalue weighted by Crippen LogP contribution is -2.01. The Bertz CT molecular complexity index is 898. The Morgan fingerprint density at radius 2 is 2.08 bits per heavy atom. The summed E-state index contributed by atoms with van der Waals surface area (Å²) < 4.78 is 1.05. The molecule has 0 saturated carbocycles. The van der Waals surface area contributed by atoms with E-state index in [1.807, 2.05) is 19.1 Å². The minimum absolute atomic E-state index is 0.358. The van der Waals surface area contributed by atoms with Gasteiger partial charge in [-0.2, -0.15) is 0 Å². The Balaban J connectivity index is 2.26. The molecule has 4 N–H and O–H groups in total. The van der Waals surface area contributed by atoms with E-state index in [0.29, 0.717) is 12.1 Å². The number of hydrogen-bond acceptors (Lipinski definition) is 3. The molecule has 3 aromatic rings. The van der Waals surface area contributed by atoms with Gasteiger partial charge in [0.05, 0.1) is 19.9 Å². The third-order valence-corrected chi connectivity index (χ3v) is 5.84. The summed E-state index contributed by atoms with van der Waals surface area (Å²) in [7, 11) is 0. The van der Waals surface area contributed by atoms with Gasteiger partial charge in [0, 0.05) is 10.9 Å². The number of aryl methyl sites for hydroxylation is 2. The summed E-state index contributed by atoms with van der Waals surface area (Å²) in [5.74, 6) is -0.891. The molecule has 0 saturated heterocycles. The number of nitrogens with one attached hydrogen (secondary N) is 1. The maximum absolute atomic E-state index is 11.7. The second-order valence-corrected chi connectivity index (χ2v) is 8.28. The first-order valence-electron chi connectivity index (χ1n) is 7.86. The second kappa shape index (κ2) is 7.09. The van der Waals surface area contributed by atoms with Crippen LogP contribution in [0.5, 0.6) is 0 Å². The normalized spacial score (nSPS) is 11.3. The van der Waals surface area contributed by atoms with Crippen molar-refractivity contribution in [2.75, 3.05) is 6.54 Å². The van der Waals surface area contributed by atoms with Crippen molar-refractivity contribution in [3.8, 4) is 10.6 Å². The van der Waals surface area contributed by atoms with E-state index in [2.05, 4.69) is 27.0 Å². The maximum Gasteiger partial charge on any atom is 0.336 e.